The SMILES string of the molecule is COC(=O)c1ccc(CNC(=O)c2ccc(S(=O)(=O)N3CCCC3)cc2)cc1. The maximum Gasteiger partial charge on any atom is 0.337 e. The molecule has 0 unspecified atom stereocenters. The van der Waals surface area contributed by atoms with Crippen molar-refractivity contribution in [3.63, 3.8) is 0 Å². The molecule has 1 amide bonds. The highest BCUT2D eigenvalue weighted by Gasteiger charge is 2.27. The number of methoxy groups -OCH3 is 1. The van der Waals surface area contributed by atoms with Crippen molar-refractivity contribution in [3.05, 3.63) is 65.2 Å². The fraction of sp³-hybridized carbons (Fsp3) is 0.300. The van der Waals surface area contributed by atoms with Gasteiger partial charge in [0.25, 0.3) is 5.91 Å². The van der Waals surface area contributed by atoms with E-state index in [9.17, 15) is 18.0 Å². The van der Waals surface area contributed by atoms with Crippen LogP contribution in [-0.4, -0.2) is 44.8 Å². The highest BCUT2D eigenvalue weighted by molar-refractivity contribution is 7.89. The van der Waals surface area contributed by atoms with Crippen LogP contribution in [0.2, 0.25) is 0 Å². The first-order chi connectivity index (χ1) is 13.4. The van der Waals surface area contributed by atoms with Gasteiger partial charge in [-0.3, -0.25) is 4.79 Å². The van der Waals surface area contributed by atoms with Gasteiger partial charge in [-0.25, -0.2) is 13.2 Å². The average molecular weight is 402 g/mol. The fourth-order valence-corrected chi connectivity index (χ4v) is 4.53. The topological polar surface area (TPSA) is 92.8 Å². The molecule has 0 saturated carbocycles. The summed E-state index contributed by atoms with van der Waals surface area (Å²) >= 11 is 0. The van der Waals surface area contributed by atoms with E-state index in [1.165, 1.54) is 35.7 Å². The summed E-state index contributed by atoms with van der Waals surface area (Å²) in [6.07, 6.45) is 1.75. The van der Waals surface area contributed by atoms with Gasteiger partial charge in [0.15, 0.2) is 0 Å². The molecule has 1 aliphatic heterocycles. The van der Waals surface area contributed by atoms with Crippen LogP contribution < -0.4 is 5.32 Å². The van der Waals surface area contributed by atoms with Crippen LogP contribution >= 0.6 is 0 Å². The Morgan fingerprint density at radius 1 is 0.964 bits per heavy atom. The molecule has 28 heavy (non-hydrogen) atoms. The molecular weight excluding hydrogens is 380 g/mol. The molecule has 0 spiro atoms. The van der Waals surface area contributed by atoms with Gasteiger partial charge >= 0.3 is 5.97 Å². The van der Waals surface area contributed by atoms with Crippen LogP contribution in [0.25, 0.3) is 0 Å². The minimum Gasteiger partial charge on any atom is -0.465 e. The molecule has 148 valence electrons. The zero-order chi connectivity index (χ0) is 20.1. The summed E-state index contributed by atoms with van der Waals surface area (Å²) in [5, 5.41) is 2.78. The summed E-state index contributed by atoms with van der Waals surface area (Å²) in [4.78, 5) is 23.9. The van der Waals surface area contributed by atoms with Crippen LogP contribution in [0.3, 0.4) is 0 Å². The molecule has 7 nitrogen and oxygen atoms in total. The number of nitrogens with zero attached hydrogens (tertiary/aromatic N) is 1. The Hall–Kier alpha value is -2.71. The van der Waals surface area contributed by atoms with Crippen molar-refractivity contribution in [1.82, 2.24) is 9.62 Å². The Labute approximate surface area is 164 Å². The number of amides is 1. The van der Waals surface area contributed by atoms with E-state index in [0.29, 0.717) is 24.2 Å². The summed E-state index contributed by atoms with van der Waals surface area (Å²) < 4.78 is 31.1. The highest BCUT2D eigenvalue weighted by Crippen LogP contribution is 2.21. The van der Waals surface area contributed by atoms with Crippen LogP contribution in [0.15, 0.2) is 53.4 Å². The van der Waals surface area contributed by atoms with Crippen molar-refractivity contribution in [2.45, 2.75) is 24.3 Å². The zero-order valence-corrected chi connectivity index (χ0v) is 16.4. The van der Waals surface area contributed by atoms with Gasteiger partial charge < -0.3 is 10.1 Å². The van der Waals surface area contributed by atoms with E-state index in [-0.39, 0.29) is 17.3 Å². The van der Waals surface area contributed by atoms with Crippen LogP contribution in [0, 0.1) is 0 Å². The van der Waals surface area contributed by atoms with Gasteiger partial charge in [0, 0.05) is 25.2 Å². The van der Waals surface area contributed by atoms with E-state index in [1.54, 1.807) is 24.3 Å². The van der Waals surface area contributed by atoms with Gasteiger partial charge in [0.2, 0.25) is 10.0 Å². The molecular formula is C20H22N2O5S. The first kappa shape index (κ1) is 20.0. The van der Waals surface area contributed by atoms with Crippen molar-refractivity contribution in [2.75, 3.05) is 20.2 Å². The van der Waals surface area contributed by atoms with Crippen molar-refractivity contribution in [2.24, 2.45) is 0 Å². The second kappa shape index (κ2) is 8.53. The van der Waals surface area contributed by atoms with E-state index in [4.69, 9.17) is 0 Å². The molecule has 1 heterocycles. The van der Waals surface area contributed by atoms with Gasteiger partial charge in [-0.1, -0.05) is 12.1 Å². The molecule has 1 N–H and O–H groups in total. The lowest BCUT2D eigenvalue weighted by molar-refractivity contribution is 0.0600. The van der Waals surface area contributed by atoms with Crippen molar-refractivity contribution < 1.29 is 22.7 Å². The normalized spacial score (nSPS) is 14.6. The number of ether oxygens (including phenoxy) is 1. The van der Waals surface area contributed by atoms with E-state index in [2.05, 4.69) is 10.1 Å². The molecule has 0 radical (unpaired) electrons. The standard InChI is InChI=1S/C20H22N2O5S/c1-27-20(24)17-6-4-15(5-7-17)14-21-19(23)16-8-10-18(11-9-16)28(25,26)22-12-2-3-13-22/h4-11H,2-3,12-14H2,1H3,(H,21,23). The van der Waals surface area contributed by atoms with Gasteiger partial charge in [-0.05, 0) is 54.8 Å². The molecule has 1 saturated heterocycles. The first-order valence-electron chi connectivity index (χ1n) is 8.97. The number of nitrogens with one attached hydrogen (secondary N) is 1. The predicted molar refractivity (Wildman–Crippen MR) is 103 cm³/mol. The van der Waals surface area contributed by atoms with Crippen LogP contribution in [0.4, 0.5) is 0 Å². The Bertz CT molecular complexity index is 947. The van der Waals surface area contributed by atoms with Crippen LogP contribution in [-0.2, 0) is 21.3 Å². The van der Waals surface area contributed by atoms with Gasteiger partial charge in [0.1, 0.15) is 0 Å². The number of sulfonamides is 1. The number of rotatable bonds is 6. The van der Waals surface area contributed by atoms with Gasteiger partial charge in [0.05, 0.1) is 17.6 Å². The fourth-order valence-electron chi connectivity index (χ4n) is 3.02. The van der Waals surface area contributed by atoms with Crippen LogP contribution in [0.5, 0.6) is 0 Å². The second-order valence-electron chi connectivity index (χ2n) is 6.51. The molecule has 1 aliphatic rings. The zero-order valence-electron chi connectivity index (χ0n) is 15.6. The van der Waals surface area contributed by atoms with Gasteiger partial charge in [-0.15, -0.1) is 0 Å². The number of carbonyl (C=O) groups excluding carboxylic acids is 2. The minimum absolute atomic E-state index is 0.198. The van der Waals surface area contributed by atoms with E-state index >= 15 is 0 Å². The van der Waals surface area contributed by atoms with Crippen molar-refractivity contribution >= 4 is 21.9 Å². The number of carbonyl (C=O) groups is 2. The molecule has 2 aromatic carbocycles. The van der Waals surface area contributed by atoms with E-state index in [0.717, 1.165) is 18.4 Å². The molecule has 0 aromatic heterocycles. The maximum absolute atomic E-state index is 12.5. The summed E-state index contributed by atoms with van der Waals surface area (Å²) in [5.41, 5.74) is 1.65. The summed E-state index contributed by atoms with van der Waals surface area (Å²) in [7, 11) is -2.17. The third kappa shape index (κ3) is 4.40. The molecule has 0 bridgehead atoms. The van der Waals surface area contributed by atoms with E-state index < -0.39 is 16.0 Å². The highest BCUT2D eigenvalue weighted by atomic mass is 32.2. The molecule has 1 fully saturated rings. The Balaban J connectivity index is 1.61. The lowest BCUT2D eigenvalue weighted by atomic mass is 10.1. The Morgan fingerprint density at radius 3 is 2.11 bits per heavy atom. The smallest absolute Gasteiger partial charge is 0.337 e. The quantitative estimate of drug-likeness (QED) is 0.748. The molecule has 8 heteroatoms. The molecule has 2 aromatic rings. The molecule has 0 atom stereocenters. The summed E-state index contributed by atoms with van der Waals surface area (Å²) in [6, 6.07) is 12.7. The van der Waals surface area contributed by atoms with Crippen LogP contribution in [0.1, 0.15) is 39.1 Å². The van der Waals surface area contributed by atoms with Gasteiger partial charge in [-0.2, -0.15) is 4.31 Å². The number of esters is 1. The van der Waals surface area contributed by atoms with Crippen molar-refractivity contribution in [1.29, 1.82) is 0 Å². The maximum atomic E-state index is 12.5. The van der Waals surface area contributed by atoms with E-state index in [1.807, 2.05) is 0 Å². The lowest BCUT2D eigenvalue weighted by Gasteiger charge is -2.15. The predicted octanol–water partition coefficient (Wildman–Crippen LogP) is 2.19. The molecule has 3 rings (SSSR count). The number of benzene rings is 2. The summed E-state index contributed by atoms with van der Waals surface area (Å²) in [5.74, 6) is -0.721. The lowest BCUT2D eigenvalue weighted by Crippen LogP contribution is -2.28. The Kier molecular flexibility index (Phi) is 6.11. The summed E-state index contributed by atoms with van der Waals surface area (Å²) in [6.45, 7) is 1.37. The largest absolute Gasteiger partial charge is 0.465 e. The number of hydrogen-bond donors (Lipinski definition) is 1. The van der Waals surface area contributed by atoms with Crippen molar-refractivity contribution in [3.8, 4) is 0 Å². The Morgan fingerprint density at radius 2 is 1.54 bits per heavy atom. The third-order valence-corrected chi connectivity index (χ3v) is 6.56. The third-order valence-electron chi connectivity index (χ3n) is 4.65. The second-order valence-corrected chi connectivity index (χ2v) is 8.44. The number of hydrogen-bond acceptors (Lipinski definition) is 5. The molecule has 0 aliphatic carbocycles. The monoisotopic (exact) mass is 402 g/mol. The average Bonchev–Trinajstić information content (AvgIpc) is 3.28. The first-order valence-corrected chi connectivity index (χ1v) is 10.4. The minimum atomic E-state index is -3.49.